The first kappa shape index (κ1) is 9.09. The van der Waals surface area contributed by atoms with Gasteiger partial charge in [0.15, 0.2) is 12.2 Å². The van der Waals surface area contributed by atoms with E-state index in [9.17, 15) is 0 Å². The van der Waals surface area contributed by atoms with Gasteiger partial charge in [0.1, 0.15) is 0 Å². The molecule has 0 N–H and O–H groups in total. The van der Waals surface area contributed by atoms with E-state index in [4.69, 9.17) is 11.6 Å². The minimum absolute atomic E-state index is 0. The summed E-state index contributed by atoms with van der Waals surface area (Å²) in [6.45, 7) is 1.66. The van der Waals surface area contributed by atoms with Crippen LogP contribution >= 0.6 is 11.6 Å². The maximum atomic E-state index is 5.99. The standard InChI is InChI=1S/C8H7ClN3.BrH/c9-7-2-1-6-8-5(3-10-11-8)4-12(6)7;/h2H,1,3-4H2;1H/q+1;/p-1. The van der Waals surface area contributed by atoms with Gasteiger partial charge in [-0.2, -0.15) is 9.69 Å². The van der Waals surface area contributed by atoms with Gasteiger partial charge >= 0.3 is 0 Å². The largest absolute Gasteiger partial charge is 1.00 e. The number of azo groups is 1. The molecule has 3 aliphatic rings. The molecule has 3 heterocycles. The molecule has 0 aromatic carbocycles. The molecule has 0 atom stereocenters. The first-order valence-electron chi connectivity index (χ1n) is 3.95. The highest BCUT2D eigenvalue weighted by molar-refractivity contribution is 6.29. The number of rotatable bonds is 0. The fraction of sp³-hybridized carbons (Fsp3) is 0.375. The van der Waals surface area contributed by atoms with Crippen LogP contribution in [-0.2, 0) is 0 Å². The van der Waals surface area contributed by atoms with E-state index in [1.807, 2.05) is 6.08 Å². The zero-order chi connectivity index (χ0) is 8.13. The first-order chi connectivity index (χ1) is 5.86. The van der Waals surface area contributed by atoms with Crippen molar-refractivity contribution in [3.05, 3.63) is 22.5 Å². The predicted octanol–water partition coefficient (Wildman–Crippen LogP) is -1.34. The monoisotopic (exact) mass is 259 g/mol. The number of fused-ring (bicyclic) bond motifs is 1. The highest BCUT2D eigenvalue weighted by Gasteiger charge is 2.38. The third kappa shape index (κ3) is 1.12. The number of halogens is 2. The summed E-state index contributed by atoms with van der Waals surface area (Å²) in [7, 11) is 0. The Bertz CT molecular complexity index is 392. The number of allylic oxidation sites excluding steroid dienone is 2. The normalized spacial score (nSPS) is 23.3. The van der Waals surface area contributed by atoms with Crippen molar-refractivity contribution < 1.29 is 21.6 Å². The summed E-state index contributed by atoms with van der Waals surface area (Å²) in [5.41, 5.74) is 3.63. The van der Waals surface area contributed by atoms with Crippen molar-refractivity contribution in [3.8, 4) is 0 Å². The molecule has 0 aromatic rings. The van der Waals surface area contributed by atoms with E-state index in [0.29, 0.717) is 0 Å². The molecular weight excluding hydrogens is 253 g/mol. The molecule has 0 unspecified atom stereocenters. The van der Waals surface area contributed by atoms with Gasteiger partial charge in [0.05, 0.1) is 18.5 Å². The maximum Gasteiger partial charge on any atom is 0.271 e. The molecule has 68 valence electrons. The van der Waals surface area contributed by atoms with Crippen molar-refractivity contribution in [2.24, 2.45) is 10.2 Å². The van der Waals surface area contributed by atoms with Gasteiger partial charge < -0.3 is 17.0 Å². The van der Waals surface area contributed by atoms with E-state index in [0.717, 1.165) is 30.4 Å². The molecule has 3 nitrogen and oxygen atoms in total. The first-order valence-corrected chi connectivity index (χ1v) is 4.33. The molecule has 0 fully saturated rings. The zero-order valence-corrected chi connectivity index (χ0v) is 9.14. The van der Waals surface area contributed by atoms with Crippen LogP contribution in [0.5, 0.6) is 0 Å². The van der Waals surface area contributed by atoms with Crippen molar-refractivity contribution in [2.75, 3.05) is 13.1 Å². The van der Waals surface area contributed by atoms with E-state index in [1.165, 1.54) is 11.3 Å². The van der Waals surface area contributed by atoms with Gasteiger partial charge in [-0.05, 0) is 11.6 Å². The lowest BCUT2D eigenvalue weighted by molar-refractivity contribution is -0.449. The topological polar surface area (TPSA) is 27.7 Å². The summed E-state index contributed by atoms with van der Waals surface area (Å²) in [6.07, 6.45) is 2.94. The maximum absolute atomic E-state index is 5.99. The second-order valence-electron chi connectivity index (χ2n) is 3.12. The second kappa shape index (κ2) is 3.03. The van der Waals surface area contributed by atoms with E-state index in [1.54, 1.807) is 0 Å². The van der Waals surface area contributed by atoms with Gasteiger partial charge in [-0.15, -0.1) is 5.11 Å². The molecule has 0 bridgehead atoms. The molecule has 3 rings (SSSR count). The van der Waals surface area contributed by atoms with Crippen molar-refractivity contribution in [1.29, 1.82) is 0 Å². The third-order valence-electron chi connectivity index (χ3n) is 2.44. The summed E-state index contributed by atoms with van der Waals surface area (Å²) in [6, 6.07) is 0. The molecule has 0 radical (unpaired) electrons. The second-order valence-corrected chi connectivity index (χ2v) is 3.50. The van der Waals surface area contributed by atoms with Crippen molar-refractivity contribution >= 4 is 17.3 Å². The minimum atomic E-state index is 0. The lowest BCUT2D eigenvalue weighted by atomic mass is 10.1. The zero-order valence-electron chi connectivity index (χ0n) is 6.80. The Hall–Kier alpha value is -0.480. The Morgan fingerprint density at radius 3 is 3.15 bits per heavy atom. The summed E-state index contributed by atoms with van der Waals surface area (Å²) >= 11 is 5.99. The molecule has 0 spiro atoms. The van der Waals surface area contributed by atoms with Crippen LogP contribution in [0.3, 0.4) is 0 Å². The van der Waals surface area contributed by atoms with Gasteiger partial charge in [0, 0.05) is 6.08 Å². The molecular formula is C8H7BrClN3. The Kier molecular flexibility index (Phi) is 2.12. The van der Waals surface area contributed by atoms with E-state index < -0.39 is 0 Å². The molecule has 3 aliphatic heterocycles. The lowest BCUT2D eigenvalue weighted by Gasteiger charge is -1.92. The Balaban J connectivity index is 0.000000653. The highest BCUT2D eigenvalue weighted by atomic mass is 79.9. The lowest BCUT2D eigenvalue weighted by Crippen LogP contribution is -3.00. The molecule has 0 saturated carbocycles. The van der Waals surface area contributed by atoms with Gasteiger partial charge in [0.2, 0.25) is 5.71 Å². The quantitative estimate of drug-likeness (QED) is 0.381. The van der Waals surface area contributed by atoms with E-state index in [-0.39, 0.29) is 17.0 Å². The van der Waals surface area contributed by atoms with Crippen LogP contribution in [0.1, 0.15) is 6.42 Å². The average molecular weight is 261 g/mol. The van der Waals surface area contributed by atoms with Gasteiger partial charge in [-0.1, -0.05) is 0 Å². The van der Waals surface area contributed by atoms with Gasteiger partial charge in [0.25, 0.3) is 5.16 Å². The summed E-state index contributed by atoms with van der Waals surface area (Å²) in [5.74, 6) is 0. The number of nitrogens with zero attached hydrogens (tertiary/aromatic N) is 3. The molecule has 5 heteroatoms. The van der Waals surface area contributed by atoms with Crippen molar-refractivity contribution in [1.82, 2.24) is 0 Å². The summed E-state index contributed by atoms with van der Waals surface area (Å²) < 4.78 is 2.12. The summed E-state index contributed by atoms with van der Waals surface area (Å²) in [5, 5.41) is 8.94. The minimum Gasteiger partial charge on any atom is -1.00 e. The Morgan fingerprint density at radius 1 is 1.46 bits per heavy atom. The highest BCUT2D eigenvalue weighted by Crippen LogP contribution is 2.30. The van der Waals surface area contributed by atoms with Gasteiger partial charge in [-0.3, -0.25) is 0 Å². The van der Waals surface area contributed by atoms with Crippen LogP contribution in [0, 0.1) is 0 Å². The van der Waals surface area contributed by atoms with Crippen molar-refractivity contribution in [3.63, 3.8) is 0 Å². The van der Waals surface area contributed by atoms with Crippen LogP contribution < -0.4 is 17.0 Å². The van der Waals surface area contributed by atoms with Crippen LogP contribution in [-0.4, -0.2) is 23.4 Å². The smallest absolute Gasteiger partial charge is 0.271 e. The van der Waals surface area contributed by atoms with Crippen LogP contribution in [0.2, 0.25) is 0 Å². The average Bonchev–Trinajstić information content (AvgIpc) is 2.63. The number of hydrogen-bond acceptors (Lipinski definition) is 2. The Morgan fingerprint density at radius 2 is 2.31 bits per heavy atom. The van der Waals surface area contributed by atoms with Crippen LogP contribution in [0.4, 0.5) is 0 Å². The molecule has 13 heavy (non-hydrogen) atoms. The van der Waals surface area contributed by atoms with Gasteiger partial charge in [-0.25, -0.2) is 0 Å². The molecule has 0 aliphatic carbocycles. The molecule has 0 saturated heterocycles. The SMILES string of the molecule is ClC1=CCC2=[N+]1CC1=C2N=NC1.[Br-]. The van der Waals surface area contributed by atoms with E-state index in [2.05, 4.69) is 14.8 Å². The number of hydrogen-bond donors (Lipinski definition) is 0. The van der Waals surface area contributed by atoms with Crippen molar-refractivity contribution in [2.45, 2.75) is 6.42 Å². The Labute approximate surface area is 91.3 Å². The molecule has 0 aromatic heterocycles. The van der Waals surface area contributed by atoms with Crippen LogP contribution in [0.25, 0.3) is 0 Å². The predicted molar refractivity (Wildman–Crippen MR) is 45.4 cm³/mol. The van der Waals surface area contributed by atoms with Crippen LogP contribution in [0.15, 0.2) is 32.7 Å². The fourth-order valence-electron chi connectivity index (χ4n) is 1.84. The molecule has 0 amide bonds. The summed E-state index contributed by atoms with van der Waals surface area (Å²) in [4.78, 5) is 0. The van der Waals surface area contributed by atoms with E-state index >= 15 is 0 Å². The third-order valence-corrected chi connectivity index (χ3v) is 2.80. The fourth-order valence-corrected chi connectivity index (χ4v) is 2.08.